The summed E-state index contributed by atoms with van der Waals surface area (Å²) in [6.45, 7) is 0. The summed E-state index contributed by atoms with van der Waals surface area (Å²) in [4.78, 5) is 0. The minimum absolute atomic E-state index is 0.393. The van der Waals surface area contributed by atoms with Crippen LogP contribution in [0.25, 0.3) is 6.08 Å². The molecule has 13 heavy (non-hydrogen) atoms. The zero-order valence-electron chi connectivity index (χ0n) is 6.80. The second-order valence-corrected chi connectivity index (χ2v) is 3.34. The van der Waals surface area contributed by atoms with E-state index in [4.69, 9.17) is 28.5 Å². The van der Waals surface area contributed by atoms with E-state index in [1.54, 1.807) is 24.3 Å². The van der Waals surface area contributed by atoms with E-state index in [9.17, 15) is 0 Å². The van der Waals surface area contributed by atoms with Gasteiger partial charge in [0.1, 0.15) is 0 Å². The minimum atomic E-state index is 0.393. The van der Waals surface area contributed by atoms with E-state index in [1.807, 2.05) is 12.1 Å². The first-order valence-corrected chi connectivity index (χ1v) is 4.47. The van der Waals surface area contributed by atoms with Crippen LogP contribution in [0.2, 0.25) is 10.0 Å². The van der Waals surface area contributed by atoms with E-state index in [2.05, 4.69) is 0 Å². The largest absolute Gasteiger partial charge is 0.198 e. The van der Waals surface area contributed by atoms with Crippen LogP contribution in [0.5, 0.6) is 0 Å². The molecular weight excluding hydrogens is 205 g/mol. The molecule has 0 fully saturated rings. The molecule has 0 radical (unpaired) electrons. The van der Waals surface area contributed by atoms with Crippen LogP contribution in [0.15, 0.2) is 24.3 Å². The standard InChI is InChI=1S/C10H7Cl2N/c11-9-5-8(3-1-2-4-13)6-10(12)7-9/h1,3,5-7H,2H2. The van der Waals surface area contributed by atoms with Gasteiger partial charge in [-0.1, -0.05) is 35.4 Å². The van der Waals surface area contributed by atoms with Gasteiger partial charge in [0.15, 0.2) is 0 Å². The molecule has 0 saturated heterocycles. The van der Waals surface area contributed by atoms with Crippen molar-refractivity contribution in [1.82, 2.24) is 0 Å². The van der Waals surface area contributed by atoms with Crippen LogP contribution in [0.3, 0.4) is 0 Å². The zero-order chi connectivity index (χ0) is 9.68. The molecule has 0 aliphatic heterocycles. The van der Waals surface area contributed by atoms with Gasteiger partial charge in [-0.05, 0) is 23.8 Å². The summed E-state index contributed by atoms with van der Waals surface area (Å²) >= 11 is 11.6. The summed E-state index contributed by atoms with van der Waals surface area (Å²) in [5.41, 5.74) is 0.910. The Morgan fingerprint density at radius 2 is 1.85 bits per heavy atom. The van der Waals surface area contributed by atoms with Gasteiger partial charge in [-0.2, -0.15) is 5.26 Å². The molecule has 0 aliphatic rings. The predicted octanol–water partition coefficient (Wildman–Crippen LogP) is 3.92. The number of allylic oxidation sites excluding steroid dienone is 1. The maximum absolute atomic E-state index is 8.30. The van der Waals surface area contributed by atoms with Crippen LogP contribution < -0.4 is 0 Å². The first kappa shape index (κ1) is 10.1. The molecule has 1 aromatic carbocycles. The fraction of sp³-hybridized carbons (Fsp3) is 0.100. The lowest BCUT2D eigenvalue weighted by molar-refractivity contribution is 1.36. The summed E-state index contributed by atoms with van der Waals surface area (Å²) in [7, 11) is 0. The molecule has 1 aromatic rings. The van der Waals surface area contributed by atoms with E-state index in [0.717, 1.165) is 5.56 Å². The Morgan fingerprint density at radius 3 is 2.38 bits per heavy atom. The first-order valence-electron chi connectivity index (χ1n) is 3.72. The monoisotopic (exact) mass is 211 g/mol. The van der Waals surface area contributed by atoms with Gasteiger partial charge in [0, 0.05) is 10.0 Å². The quantitative estimate of drug-likeness (QED) is 0.728. The van der Waals surface area contributed by atoms with Gasteiger partial charge >= 0.3 is 0 Å². The second kappa shape index (κ2) is 4.91. The second-order valence-electron chi connectivity index (χ2n) is 2.47. The maximum atomic E-state index is 8.30. The van der Waals surface area contributed by atoms with Crippen molar-refractivity contribution in [2.75, 3.05) is 0 Å². The molecule has 0 amide bonds. The van der Waals surface area contributed by atoms with Crippen molar-refractivity contribution < 1.29 is 0 Å². The van der Waals surface area contributed by atoms with Crippen LogP contribution in [0.1, 0.15) is 12.0 Å². The smallest absolute Gasteiger partial charge is 0.0663 e. The lowest BCUT2D eigenvalue weighted by atomic mass is 10.2. The average Bonchev–Trinajstić information content (AvgIpc) is 2.03. The molecule has 0 aromatic heterocycles. The number of halogens is 2. The Hall–Kier alpha value is -0.970. The molecule has 0 unspecified atom stereocenters. The minimum Gasteiger partial charge on any atom is -0.198 e. The molecule has 0 atom stereocenters. The normalized spacial score (nSPS) is 10.2. The lowest BCUT2D eigenvalue weighted by Crippen LogP contribution is -1.73. The number of nitrogens with zero attached hydrogens (tertiary/aromatic N) is 1. The highest BCUT2D eigenvalue weighted by atomic mass is 35.5. The maximum Gasteiger partial charge on any atom is 0.0663 e. The summed E-state index contributed by atoms with van der Waals surface area (Å²) in [6.07, 6.45) is 3.98. The Kier molecular flexibility index (Phi) is 3.82. The molecule has 3 heteroatoms. The van der Waals surface area contributed by atoms with E-state index < -0.39 is 0 Å². The van der Waals surface area contributed by atoms with Crippen molar-refractivity contribution in [3.63, 3.8) is 0 Å². The van der Waals surface area contributed by atoms with Crippen LogP contribution in [-0.4, -0.2) is 0 Å². The van der Waals surface area contributed by atoms with Crippen LogP contribution in [-0.2, 0) is 0 Å². The van der Waals surface area contributed by atoms with Gasteiger partial charge in [-0.25, -0.2) is 0 Å². The molecule has 0 bridgehead atoms. The summed E-state index contributed by atoms with van der Waals surface area (Å²) in [6, 6.07) is 7.27. The third kappa shape index (κ3) is 3.50. The van der Waals surface area contributed by atoms with Gasteiger partial charge in [0.05, 0.1) is 12.5 Å². The predicted molar refractivity (Wildman–Crippen MR) is 55.7 cm³/mol. The SMILES string of the molecule is N#CCC=Cc1cc(Cl)cc(Cl)c1. The van der Waals surface area contributed by atoms with E-state index in [-0.39, 0.29) is 0 Å². The highest BCUT2D eigenvalue weighted by Crippen LogP contribution is 2.19. The Bertz CT molecular complexity index is 343. The van der Waals surface area contributed by atoms with Crippen molar-refractivity contribution in [1.29, 1.82) is 5.26 Å². The molecule has 0 saturated carbocycles. The van der Waals surface area contributed by atoms with Gasteiger partial charge in [0.25, 0.3) is 0 Å². The molecule has 0 spiro atoms. The van der Waals surface area contributed by atoms with Crippen LogP contribution >= 0.6 is 23.2 Å². The number of hydrogen-bond donors (Lipinski definition) is 0. The van der Waals surface area contributed by atoms with Crippen molar-refractivity contribution in [3.05, 3.63) is 39.9 Å². The topological polar surface area (TPSA) is 23.8 Å². The van der Waals surface area contributed by atoms with Gasteiger partial charge < -0.3 is 0 Å². The Labute approximate surface area is 87.2 Å². The molecule has 1 nitrogen and oxygen atoms in total. The van der Waals surface area contributed by atoms with Gasteiger partial charge in [0.2, 0.25) is 0 Å². The van der Waals surface area contributed by atoms with Crippen LogP contribution in [0, 0.1) is 11.3 Å². The zero-order valence-corrected chi connectivity index (χ0v) is 8.31. The van der Waals surface area contributed by atoms with Crippen molar-refractivity contribution in [2.24, 2.45) is 0 Å². The van der Waals surface area contributed by atoms with E-state index in [1.165, 1.54) is 0 Å². The molecule has 1 rings (SSSR count). The molecule has 0 aliphatic carbocycles. The number of rotatable bonds is 2. The van der Waals surface area contributed by atoms with Gasteiger partial charge in [-0.3, -0.25) is 0 Å². The summed E-state index contributed by atoms with van der Waals surface area (Å²) < 4.78 is 0. The third-order valence-electron chi connectivity index (χ3n) is 1.40. The first-order chi connectivity index (χ1) is 6.22. The van der Waals surface area contributed by atoms with Crippen LogP contribution in [0.4, 0.5) is 0 Å². The molecule has 66 valence electrons. The fourth-order valence-corrected chi connectivity index (χ4v) is 1.46. The fourth-order valence-electron chi connectivity index (χ4n) is 0.919. The molecule has 0 N–H and O–H groups in total. The summed E-state index contributed by atoms with van der Waals surface area (Å²) in [5, 5.41) is 9.50. The van der Waals surface area contributed by atoms with Crippen molar-refractivity contribution in [2.45, 2.75) is 6.42 Å². The van der Waals surface area contributed by atoms with Crippen molar-refractivity contribution >= 4 is 29.3 Å². The molecular formula is C10H7Cl2N. The highest BCUT2D eigenvalue weighted by molar-refractivity contribution is 6.34. The van der Waals surface area contributed by atoms with E-state index in [0.29, 0.717) is 16.5 Å². The van der Waals surface area contributed by atoms with Crippen molar-refractivity contribution in [3.8, 4) is 6.07 Å². The lowest BCUT2D eigenvalue weighted by Gasteiger charge is -1.95. The third-order valence-corrected chi connectivity index (χ3v) is 1.84. The number of hydrogen-bond acceptors (Lipinski definition) is 1. The average molecular weight is 212 g/mol. The summed E-state index contributed by atoms with van der Waals surface area (Å²) in [5.74, 6) is 0. The molecule has 0 heterocycles. The highest BCUT2D eigenvalue weighted by Gasteiger charge is 1.93. The number of nitriles is 1. The van der Waals surface area contributed by atoms with Gasteiger partial charge in [-0.15, -0.1) is 0 Å². The number of benzene rings is 1. The van der Waals surface area contributed by atoms with E-state index >= 15 is 0 Å². The Morgan fingerprint density at radius 1 is 1.23 bits per heavy atom. The Balaban J connectivity index is 2.84.